The predicted molar refractivity (Wildman–Crippen MR) is 73.8 cm³/mol. The highest BCUT2D eigenvalue weighted by molar-refractivity contribution is 5.66. The van der Waals surface area contributed by atoms with E-state index in [-0.39, 0.29) is 5.41 Å². The van der Waals surface area contributed by atoms with E-state index in [0.29, 0.717) is 17.4 Å². The summed E-state index contributed by atoms with van der Waals surface area (Å²) in [6, 6.07) is 0. The van der Waals surface area contributed by atoms with Crippen LogP contribution >= 0.6 is 0 Å². The van der Waals surface area contributed by atoms with Crippen LogP contribution in [0.4, 0.5) is 11.5 Å². The van der Waals surface area contributed by atoms with Crippen molar-refractivity contribution in [1.29, 1.82) is 0 Å². The van der Waals surface area contributed by atoms with E-state index in [0.717, 1.165) is 13.1 Å². The fraction of sp³-hybridized carbons (Fsp3) is 0.667. The van der Waals surface area contributed by atoms with Crippen molar-refractivity contribution in [3.63, 3.8) is 0 Å². The van der Waals surface area contributed by atoms with E-state index in [1.807, 2.05) is 0 Å². The Balaban J connectivity index is 2.69. The fourth-order valence-electron chi connectivity index (χ4n) is 1.92. The molecule has 0 amide bonds. The molecule has 0 unspecified atom stereocenters. The van der Waals surface area contributed by atoms with Gasteiger partial charge in [-0.15, -0.1) is 0 Å². The van der Waals surface area contributed by atoms with Crippen molar-refractivity contribution < 1.29 is 4.74 Å². The highest BCUT2D eigenvalue weighted by atomic mass is 16.5. The topological polar surface area (TPSA) is 76.3 Å². The molecule has 6 heteroatoms. The van der Waals surface area contributed by atoms with Crippen LogP contribution in [0.3, 0.4) is 0 Å². The second-order valence-corrected chi connectivity index (χ2v) is 5.40. The normalized spacial score (nSPS) is 11.7. The Kier molecular flexibility index (Phi) is 4.72. The van der Waals surface area contributed by atoms with Gasteiger partial charge in [0.05, 0.1) is 7.11 Å². The number of methoxy groups -OCH3 is 1. The Morgan fingerprint density at radius 1 is 1.39 bits per heavy atom. The van der Waals surface area contributed by atoms with Crippen LogP contribution in [-0.4, -0.2) is 49.2 Å². The Labute approximate surface area is 109 Å². The van der Waals surface area contributed by atoms with Crippen molar-refractivity contribution in [1.82, 2.24) is 14.9 Å². The molecule has 0 saturated heterocycles. The molecule has 0 aliphatic rings. The van der Waals surface area contributed by atoms with Crippen molar-refractivity contribution in [2.24, 2.45) is 5.41 Å². The minimum absolute atomic E-state index is 0.119. The summed E-state index contributed by atoms with van der Waals surface area (Å²) in [5, 5.41) is 3.25. The molecule has 0 spiro atoms. The van der Waals surface area contributed by atoms with Crippen LogP contribution in [-0.2, 0) is 0 Å². The van der Waals surface area contributed by atoms with E-state index in [1.165, 1.54) is 6.33 Å². The maximum Gasteiger partial charge on any atom is 0.242 e. The molecule has 6 nitrogen and oxygen atoms in total. The van der Waals surface area contributed by atoms with E-state index in [1.54, 1.807) is 7.11 Å². The van der Waals surface area contributed by atoms with E-state index >= 15 is 0 Å². The molecule has 18 heavy (non-hydrogen) atoms. The first-order chi connectivity index (χ1) is 8.35. The quantitative estimate of drug-likeness (QED) is 0.789. The zero-order chi connectivity index (χ0) is 13.8. The number of nitrogens with one attached hydrogen (secondary N) is 1. The second kappa shape index (κ2) is 5.86. The smallest absolute Gasteiger partial charge is 0.242 e. The van der Waals surface area contributed by atoms with Gasteiger partial charge in [0.2, 0.25) is 5.88 Å². The molecule has 0 saturated carbocycles. The van der Waals surface area contributed by atoms with Crippen LogP contribution in [0.15, 0.2) is 6.33 Å². The Bertz CT molecular complexity index is 392. The molecule has 0 fully saturated rings. The number of rotatable bonds is 6. The molecule has 1 heterocycles. The number of aromatic nitrogens is 2. The number of hydrogen-bond donors (Lipinski definition) is 2. The van der Waals surface area contributed by atoms with Gasteiger partial charge in [-0.25, -0.2) is 4.98 Å². The van der Waals surface area contributed by atoms with E-state index in [9.17, 15) is 0 Å². The number of ether oxygens (including phenoxy) is 1. The number of nitrogens with two attached hydrogens (primary N) is 1. The molecule has 0 bridgehead atoms. The summed E-state index contributed by atoms with van der Waals surface area (Å²) in [4.78, 5) is 10.2. The lowest BCUT2D eigenvalue weighted by atomic mass is 9.93. The van der Waals surface area contributed by atoms with Gasteiger partial charge in [0.1, 0.15) is 12.0 Å². The molecular weight excluding hydrogens is 230 g/mol. The van der Waals surface area contributed by atoms with E-state index in [2.05, 4.69) is 48.1 Å². The summed E-state index contributed by atoms with van der Waals surface area (Å²) in [6.45, 7) is 6.13. The van der Waals surface area contributed by atoms with E-state index < -0.39 is 0 Å². The maximum absolute atomic E-state index is 5.90. The third kappa shape index (κ3) is 4.03. The summed E-state index contributed by atoms with van der Waals surface area (Å²) < 4.78 is 5.06. The minimum atomic E-state index is 0.119. The van der Waals surface area contributed by atoms with E-state index in [4.69, 9.17) is 10.5 Å². The summed E-state index contributed by atoms with van der Waals surface area (Å²) in [6.07, 6.45) is 1.44. The third-order valence-corrected chi connectivity index (χ3v) is 2.52. The van der Waals surface area contributed by atoms with Gasteiger partial charge in [0.15, 0.2) is 5.82 Å². The molecule has 0 atom stereocenters. The first-order valence-electron chi connectivity index (χ1n) is 5.89. The van der Waals surface area contributed by atoms with Gasteiger partial charge in [-0.1, -0.05) is 13.8 Å². The fourth-order valence-corrected chi connectivity index (χ4v) is 1.92. The molecule has 1 rings (SSSR count). The maximum atomic E-state index is 5.90. The first kappa shape index (κ1) is 14.5. The summed E-state index contributed by atoms with van der Waals surface area (Å²) in [5.74, 6) is 1.02. The van der Waals surface area contributed by atoms with Crippen molar-refractivity contribution in [2.45, 2.75) is 13.8 Å². The number of nitrogens with zero attached hydrogens (tertiary/aromatic N) is 3. The Morgan fingerprint density at radius 2 is 2.06 bits per heavy atom. The highest BCUT2D eigenvalue weighted by Crippen LogP contribution is 2.25. The van der Waals surface area contributed by atoms with Gasteiger partial charge >= 0.3 is 0 Å². The van der Waals surface area contributed by atoms with Crippen LogP contribution in [0.1, 0.15) is 13.8 Å². The van der Waals surface area contributed by atoms with Gasteiger partial charge in [0, 0.05) is 13.1 Å². The largest absolute Gasteiger partial charge is 0.479 e. The van der Waals surface area contributed by atoms with Gasteiger partial charge in [-0.3, -0.25) is 0 Å². The zero-order valence-electron chi connectivity index (χ0n) is 11.8. The Hall–Kier alpha value is -1.56. The lowest BCUT2D eigenvalue weighted by Gasteiger charge is -2.28. The van der Waals surface area contributed by atoms with Crippen molar-refractivity contribution in [2.75, 3.05) is 45.3 Å². The monoisotopic (exact) mass is 253 g/mol. The van der Waals surface area contributed by atoms with Gasteiger partial charge < -0.3 is 20.7 Å². The standard InChI is InChI=1S/C12H23N5O/c1-12(2,7-17(3)4)6-14-10-9(13)11(18-5)16-8-15-10/h8H,6-7,13H2,1-5H3,(H,14,15,16). The lowest BCUT2D eigenvalue weighted by Crippen LogP contribution is -2.34. The first-order valence-corrected chi connectivity index (χ1v) is 5.89. The third-order valence-electron chi connectivity index (χ3n) is 2.52. The van der Waals surface area contributed by atoms with Crippen LogP contribution < -0.4 is 15.8 Å². The summed E-state index contributed by atoms with van der Waals surface area (Å²) >= 11 is 0. The van der Waals surface area contributed by atoms with Crippen molar-refractivity contribution in [3.05, 3.63) is 6.33 Å². The molecular formula is C12H23N5O. The van der Waals surface area contributed by atoms with Crippen molar-refractivity contribution >= 4 is 11.5 Å². The van der Waals surface area contributed by atoms with Crippen molar-refractivity contribution in [3.8, 4) is 5.88 Å². The minimum Gasteiger partial charge on any atom is -0.479 e. The van der Waals surface area contributed by atoms with Crippen LogP contribution in [0.5, 0.6) is 5.88 Å². The predicted octanol–water partition coefficient (Wildman–Crippen LogP) is 1.07. The number of nitrogen functional groups attached to an aromatic ring is 1. The van der Waals surface area contributed by atoms with Crippen LogP contribution in [0, 0.1) is 5.41 Å². The van der Waals surface area contributed by atoms with Gasteiger partial charge in [0.25, 0.3) is 0 Å². The molecule has 3 N–H and O–H groups in total. The van der Waals surface area contributed by atoms with Crippen LogP contribution in [0.2, 0.25) is 0 Å². The average Bonchev–Trinajstić information content (AvgIpc) is 2.26. The highest BCUT2D eigenvalue weighted by Gasteiger charge is 2.19. The SMILES string of the molecule is COc1ncnc(NCC(C)(C)CN(C)C)c1N. The number of anilines is 2. The average molecular weight is 253 g/mol. The van der Waals surface area contributed by atoms with Crippen LogP contribution in [0.25, 0.3) is 0 Å². The molecule has 0 aliphatic carbocycles. The molecule has 0 aliphatic heterocycles. The summed E-state index contributed by atoms with van der Waals surface area (Å²) in [7, 11) is 5.66. The summed E-state index contributed by atoms with van der Waals surface area (Å²) in [5.41, 5.74) is 6.47. The molecule has 0 radical (unpaired) electrons. The molecule has 102 valence electrons. The lowest BCUT2D eigenvalue weighted by molar-refractivity contribution is 0.254. The number of hydrogen-bond acceptors (Lipinski definition) is 6. The molecule has 0 aromatic carbocycles. The zero-order valence-corrected chi connectivity index (χ0v) is 11.8. The molecule has 1 aromatic rings. The molecule has 1 aromatic heterocycles. The van der Waals surface area contributed by atoms with Gasteiger partial charge in [-0.05, 0) is 19.5 Å². The second-order valence-electron chi connectivity index (χ2n) is 5.40. The van der Waals surface area contributed by atoms with Gasteiger partial charge in [-0.2, -0.15) is 4.98 Å². The Morgan fingerprint density at radius 3 is 2.61 bits per heavy atom.